The molecule has 138 valence electrons. The van der Waals surface area contributed by atoms with Gasteiger partial charge in [0.05, 0.1) is 24.3 Å². The molecule has 0 atom stereocenters. The quantitative estimate of drug-likeness (QED) is 0.225. The van der Waals surface area contributed by atoms with Crippen molar-refractivity contribution in [2.45, 2.75) is 0 Å². The second-order valence-electron chi connectivity index (χ2n) is 4.58. The summed E-state index contributed by atoms with van der Waals surface area (Å²) in [6, 6.07) is 6.53. The van der Waals surface area contributed by atoms with Crippen LogP contribution in [0.3, 0.4) is 0 Å². The summed E-state index contributed by atoms with van der Waals surface area (Å²) in [6.07, 6.45) is 2.15. The molecule has 1 aliphatic heterocycles. The Morgan fingerprint density at radius 2 is 1.27 bits per heavy atom. The van der Waals surface area contributed by atoms with Crippen LogP contribution in [0.15, 0.2) is 49.6 Å². The lowest BCUT2D eigenvalue weighted by Gasteiger charge is -2.04. The van der Waals surface area contributed by atoms with Gasteiger partial charge >= 0.3 is 23.9 Å². The van der Waals surface area contributed by atoms with Gasteiger partial charge in [0.15, 0.2) is 0 Å². The van der Waals surface area contributed by atoms with Gasteiger partial charge in [-0.1, -0.05) is 25.3 Å². The third kappa shape index (κ3) is 7.10. The van der Waals surface area contributed by atoms with E-state index in [1.807, 2.05) is 0 Å². The van der Waals surface area contributed by atoms with Crippen molar-refractivity contribution in [1.29, 1.82) is 0 Å². The van der Waals surface area contributed by atoms with Crippen LogP contribution in [-0.2, 0) is 28.5 Å². The van der Waals surface area contributed by atoms with Crippen LogP contribution in [0.2, 0.25) is 0 Å². The molecule has 8 nitrogen and oxygen atoms in total. The minimum Gasteiger partial charge on any atom is -0.460 e. The van der Waals surface area contributed by atoms with E-state index < -0.39 is 23.9 Å². The zero-order valence-electron chi connectivity index (χ0n) is 14.0. The number of ether oxygens (including phenoxy) is 4. The lowest BCUT2D eigenvalue weighted by Crippen LogP contribution is -2.12. The minimum atomic E-state index is -0.550. The zero-order valence-corrected chi connectivity index (χ0v) is 14.0. The highest BCUT2D eigenvalue weighted by atomic mass is 16.6. The number of cyclic esters (lactones) is 2. The first kappa shape index (κ1) is 20.8. The number of hydrogen-bond donors (Lipinski definition) is 0. The van der Waals surface area contributed by atoms with Gasteiger partial charge in [-0.25, -0.2) is 19.2 Å². The molecular weight excluding hydrogens is 344 g/mol. The number of benzene rings is 1. The van der Waals surface area contributed by atoms with Gasteiger partial charge in [0.1, 0.15) is 13.2 Å². The largest absolute Gasteiger partial charge is 0.460 e. The Morgan fingerprint density at radius 3 is 1.65 bits per heavy atom. The highest BCUT2D eigenvalue weighted by Gasteiger charge is 2.28. The fourth-order valence-electron chi connectivity index (χ4n) is 1.66. The second-order valence-corrected chi connectivity index (χ2v) is 4.58. The predicted molar refractivity (Wildman–Crippen MR) is 89.3 cm³/mol. The summed E-state index contributed by atoms with van der Waals surface area (Å²) >= 11 is 0. The molecule has 0 aromatic heterocycles. The topological polar surface area (TPSA) is 105 Å². The molecule has 1 aromatic rings. The van der Waals surface area contributed by atoms with Crippen molar-refractivity contribution in [1.82, 2.24) is 0 Å². The van der Waals surface area contributed by atoms with Crippen LogP contribution >= 0.6 is 0 Å². The van der Waals surface area contributed by atoms with Crippen LogP contribution in [0.1, 0.15) is 20.7 Å². The van der Waals surface area contributed by atoms with Crippen molar-refractivity contribution in [3.63, 3.8) is 0 Å². The van der Waals surface area contributed by atoms with Gasteiger partial charge < -0.3 is 18.9 Å². The van der Waals surface area contributed by atoms with Crippen LogP contribution < -0.4 is 0 Å². The van der Waals surface area contributed by atoms with Crippen LogP contribution in [0.5, 0.6) is 0 Å². The van der Waals surface area contributed by atoms with E-state index in [0.29, 0.717) is 11.1 Å². The van der Waals surface area contributed by atoms with E-state index in [-0.39, 0.29) is 26.4 Å². The molecule has 26 heavy (non-hydrogen) atoms. The number of fused-ring (bicyclic) bond motifs is 1. The smallest absolute Gasteiger partial charge is 0.346 e. The number of rotatable bonds is 8. The SMILES string of the molecule is C=CC(=O)OCCOCCOC(=O)C=C.O=C1OC(=O)c2ccccc21. The molecular formula is C18H18O8. The molecule has 0 unspecified atom stereocenters. The maximum absolute atomic E-state index is 10.8. The molecule has 1 aromatic carbocycles. The Kier molecular flexibility index (Phi) is 9.05. The normalized spacial score (nSPS) is 11.4. The van der Waals surface area contributed by atoms with E-state index in [2.05, 4.69) is 27.4 Å². The fraction of sp³-hybridized carbons (Fsp3) is 0.222. The Hall–Kier alpha value is -3.26. The number of carbonyl (C=O) groups excluding carboxylic acids is 4. The average molecular weight is 362 g/mol. The number of esters is 4. The highest BCUT2D eigenvalue weighted by Crippen LogP contribution is 2.18. The molecule has 8 heteroatoms. The summed E-state index contributed by atoms with van der Waals surface area (Å²) in [5.74, 6) is -2.08. The minimum absolute atomic E-state index is 0.153. The molecule has 0 radical (unpaired) electrons. The van der Waals surface area contributed by atoms with Gasteiger partial charge in [0, 0.05) is 12.2 Å². The summed E-state index contributed by atoms with van der Waals surface area (Å²) in [4.78, 5) is 42.8. The van der Waals surface area contributed by atoms with Gasteiger partial charge in [-0.15, -0.1) is 0 Å². The maximum Gasteiger partial charge on any atom is 0.346 e. The first-order valence-electron chi connectivity index (χ1n) is 7.51. The lowest BCUT2D eigenvalue weighted by atomic mass is 10.1. The maximum atomic E-state index is 10.8. The van der Waals surface area contributed by atoms with Crippen molar-refractivity contribution in [2.75, 3.05) is 26.4 Å². The molecule has 2 rings (SSSR count). The van der Waals surface area contributed by atoms with E-state index in [1.165, 1.54) is 0 Å². The average Bonchev–Trinajstić information content (AvgIpc) is 2.95. The molecule has 0 N–H and O–H groups in total. The van der Waals surface area contributed by atoms with E-state index in [9.17, 15) is 19.2 Å². The van der Waals surface area contributed by atoms with Crippen LogP contribution in [0, 0.1) is 0 Å². The molecule has 1 heterocycles. The predicted octanol–water partition coefficient (Wildman–Crippen LogP) is 1.46. The molecule has 0 bridgehead atoms. The van der Waals surface area contributed by atoms with Gasteiger partial charge in [-0.2, -0.15) is 0 Å². The van der Waals surface area contributed by atoms with Crippen molar-refractivity contribution >= 4 is 23.9 Å². The molecule has 0 amide bonds. The van der Waals surface area contributed by atoms with Gasteiger partial charge in [0.2, 0.25) is 0 Å². The van der Waals surface area contributed by atoms with E-state index in [4.69, 9.17) is 4.74 Å². The van der Waals surface area contributed by atoms with Crippen molar-refractivity contribution in [3.8, 4) is 0 Å². The summed E-state index contributed by atoms with van der Waals surface area (Å²) in [5.41, 5.74) is 0.718. The Balaban J connectivity index is 0.000000269. The van der Waals surface area contributed by atoms with Crippen molar-refractivity contribution in [3.05, 3.63) is 60.7 Å². The fourth-order valence-corrected chi connectivity index (χ4v) is 1.66. The van der Waals surface area contributed by atoms with E-state index >= 15 is 0 Å². The third-order valence-corrected chi connectivity index (χ3v) is 2.83. The molecule has 0 spiro atoms. The molecule has 0 saturated carbocycles. The first-order valence-corrected chi connectivity index (χ1v) is 7.51. The summed E-state index contributed by atoms with van der Waals surface area (Å²) < 4.78 is 18.6. The van der Waals surface area contributed by atoms with Gasteiger partial charge in [-0.3, -0.25) is 0 Å². The summed E-state index contributed by atoms with van der Waals surface area (Å²) in [6.45, 7) is 7.29. The lowest BCUT2D eigenvalue weighted by molar-refractivity contribution is -0.140. The molecule has 0 saturated heterocycles. The Bertz CT molecular complexity index is 635. The number of carbonyl (C=O) groups is 4. The van der Waals surface area contributed by atoms with Crippen molar-refractivity contribution < 1.29 is 38.1 Å². The van der Waals surface area contributed by atoms with Crippen molar-refractivity contribution in [2.24, 2.45) is 0 Å². The third-order valence-electron chi connectivity index (χ3n) is 2.83. The first-order chi connectivity index (χ1) is 12.5. The van der Waals surface area contributed by atoms with Gasteiger partial charge in [-0.05, 0) is 12.1 Å². The Labute approximate surface area is 150 Å². The standard InChI is InChI=1S/C10H14O5.C8H4O3/c1-3-9(11)14-7-5-13-6-8-15-10(12)4-2;9-7-5-3-1-2-4-6(5)8(10)11-7/h3-4H,1-2,5-8H2;1-4H. The van der Waals surface area contributed by atoms with Crippen LogP contribution in [0.4, 0.5) is 0 Å². The van der Waals surface area contributed by atoms with E-state index in [0.717, 1.165) is 12.2 Å². The highest BCUT2D eigenvalue weighted by molar-refractivity contribution is 6.14. The van der Waals surface area contributed by atoms with Crippen LogP contribution in [0.25, 0.3) is 0 Å². The van der Waals surface area contributed by atoms with E-state index in [1.54, 1.807) is 24.3 Å². The molecule has 0 aliphatic carbocycles. The monoisotopic (exact) mass is 362 g/mol. The second kappa shape index (κ2) is 11.3. The molecule has 1 aliphatic rings. The Morgan fingerprint density at radius 1 is 0.846 bits per heavy atom. The van der Waals surface area contributed by atoms with Crippen LogP contribution in [-0.4, -0.2) is 50.3 Å². The summed E-state index contributed by atoms with van der Waals surface area (Å²) in [7, 11) is 0. The van der Waals surface area contributed by atoms with Gasteiger partial charge in [0.25, 0.3) is 0 Å². The summed E-state index contributed by atoms with van der Waals surface area (Å²) in [5, 5.41) is 0. The molecule has 0 fully saturated rings. The number of hydrogen-bond acceptors (Lipinski definition) is 8. The zero-order chi connectivity index (χ0) is 19.4.